The van der Waals surface area contributed by atoms with Crippen LogP contribution in [0.4, 0.5) is 0 Å². The molecule has 0 saturated heterocycles. The topological polar surface area (TPSA) is 72.5 Å². The Morgan fingerprint density at radius 3 is 2.65 bits per heavy atom. The number of allylic oxidation sites excluding steroid dienone is 1. The Kier molecular flexibility index (Phi) is 5.23. The summed E-state index contributed by atoms with van der Waals surface area (Å²) in [5.74, 6) is -0.228. The van der Waals surface area contributed by atoms with Gasteiger partial charge in [-0.1, -0.05) is 24.3 Å². The van der Waals surface area contributed by atoms with Crippen LogP contribution in [0.3, 0.4) is 0 Å². The fourth-order valence-corrected chi connectivity index (χ4v) is 1.30. The van der Waals surface area contributed by atoms with Crippen LogP contribution in [0.2, 0.25) is 0 Å². The van der Waals surface area contributed by atoms with Crippen molar-refractivity contribution in [3.8, 4) is 5.75 Å². The highest BCUT2D eigenvalue weighted by atomic mass is 16.5. The Balaban J connectivity index is 2.52. The Morgan fingerprint density at radius 1 is 1.47 bits per heavy atom. The first-order valence-electron chi connectivity index (χ1n) is 5.44. The lowest BCUT2D eigenvalue weighted by atomic mass is 10.1. The molecule has 0 aliphatic rings. The predicted molar refractivity (Wildman–Crippen MR) is 66.1 cm³/mol. The number of hydrogen-bond donors (Lipinski definition) is 2. The molecule has 1 unspecified atom stereocenters. The molecule has 0 radical (unpaired) electrons. The van der Waals surface area contributed by atoms with E-state index in [0.29, 0.717) is 13.0 Å². The van der Waals surface area contributed by atoms with Crippen LogP contribution in [-0.2, 0) is 11.2 Å². The molecule has 4 nitrogen and oxygen atoms in total. The Bertz CT molecular complexity index is 384. The van der Waals surface area contributed by atoms with Gasteiger partial charge in [-0.05, 0) is 31.0 Å². The van der Waals surface area contributed by atoms with Gasteiger partial charge in [0.15, 0.2) is 0 Å². The zero-order valence-corrected chi connectivity index (χ0v) is 9.80. The number of carboxylic acid groups (broad SMARTS) is 1. The van der Waals surface area contributed by atoms with Gasteiger partial charge in [-0.3, -0.25) is 4.79 Å². The van der Waals surface area contributed by atoms with E-state index in [0.717, 1.165) is 11.3 Å². The fourth-order valence-electron chi connectivity index (χ4n) is 1.30. The molecule has 0 fully saturated rings. The van der Waals surface area contributed by atoms with E-state index < -0.39 is 12.0 Å². The maximum Gasteiger partial charge on any atom is 0.320 e. The maximum absolute atomic E-state index is 10.6. The van der Waals surface area contributed by atoms with E-state index in [-0.39, 0.29) is 0 Å². The van der Waals surface area contributed by atoms with Gasteiger partial charge in [0.25, 0.3) is 0 Å². The molecule has 0 bridgehead atoms. The van der Waals surface area contributed by atoms with E-state index >= 15 is 0 Å². The molecule has 0 aliphatic heterocycles. The lowest BCUT2D eigenvalue weighted by Crippen LogP contribution is -2.32. The average molecular weight is 235 g/mol. The summed E-state index contributed by atoms with van der Waals surface area (Å²) in [5, 5.41) is 8.68. The Hall–Kier alpha value is -1.81. The summed E-state index contributed by atoms with van der Waals surface area (Å²) in [5.41, 5.74) is 6.33. The van der Waals surface area contributed by atoms with Crippen LogP contribution < -0.4 is 10.5 Å². The second-order valence-electron chi connectivity index (χ2n) is 3.67. The first kappa shape index (κ1) is 13.3. The third-order valence-electron chi connectivity index (χ3n) is 2.28. The molecule has 0 aliphatic carbocycles. The standard InChI is InChI=1S/C13H17NO3/c1-2-3-8-17-11-6-4-10(5-7-11)9-12(14)13(15)16/h2-7,12H,8-9,14H2,1H3,(H,15,16)/b3-2+. The third-order valence-corrected chi connectivity index (χ3v) is 2.28. The largest absolute Gasteiger partial charge is 0.490 e. The molecule has 1 rings (SSSR count). The quantitative estimate of drug-likeness (QED) is 0.734. The van der Waals surface area contributed by atoms with Crippen LogP contribution >= 0.6 is 0 Å². The molecule has 0 saturated carbocycles. The van der Waals surface area contributed by atoms with Crippen molar-refractivity contribution in [2.45, 2.75) is 19.4 Å². The zero-order chi connectivity index (χ0) is 12.7. The molecular formula is C13H17NO3. The molecule has 4 heteroatoms. The maximum atomic E-state index is 10.6. The van der Waals surface area contributed by atoms with E-state index in [2.05, 4.69) is 0 Å². The van der Waals surface area contributed by atoms with Crippen molar-refractivity contribution in [3.63, 3.8) is 0 Å². The lowest BCUT2D eigenvalue weighted by molar-refractivity contribution is -0.138. The molecule has 1 aromatic rings. The molecule has 0 aromatic heterocycles. The number of nitrogens with two attached hydrogens (primary N) is 1. The summed E-state index contributed by atoms with van der Waals surface area (Å²) >= 11 is 0. The van der Waals surface area contributed by atoms with E-state index in [9.17, 15) is 4.79 Å². The van der Waals surface area contributed by atoms with Gasteiger partial charge in [0, 0.05) is 0 Å². The van der Waals surface area contributed by atoms with Gasteiger partial charge in [-0.15, -0.1) is 0 Å². The first-order valence-corrected chi connectivity index (χ1v) is 5.44. The minimum Gasteiger partial charge on any atom is -0.490 e. The molecular weight excluding hydrogens is 218 g/mol. The summed E-state index contributed by atoms with van der Waals surface area (Å²) in [6.45, 7) is 2.46. The van der Waals surface area contributed by atoms with Crippen LogP contribution in [0.25, 0.3) is 0 Å². The number of ether oxygens (including phenoxy) is 1. The van der Waals surface area contributed by atoms with Crippen molar-refractivity contribution < 1.29 is 14.6 Å². The Morgan fingerprint density at radius 2 is 2.12 bits per heavy atom. The molecule has 1 atom stereocenters. The average Bonchev–Trinajstić information content (AvgIpc) is 2.31. The van der Waals surface area contributed by atoms with Crippen molar-refractivity contribution in [2.24, 2.45) is 5.73 Å². The van der Waals surface area contributed by atoms with Gasteiger partial charge < -0.3 is 15.6 Å². The van der Waals surface area contributed by atoms with Crippen molar-refractivity contribution in [1.82, 2.24) is 0 Å². The van der Waals surface area contributed by atoms with Gasteiger partial charge in [0.2, 0.25) is 0 Å². The SMILES string of the molecule is C/C=C/COc1ccc(CC(N)C(=O)O)cc1. The van der Waals surface area contributed by atoms with Crippen molar-refractivity contribution in [1.29, 1.82) is 0 Å². The van der Waals surface area contributed by atoms with Crippen LogP contribution in [0.1, 0.15) is 12.5 Å². The van der Waals surface area contributed by atoms with E-state index in [4.69, 9.17) is 15.6 Å². The fraction of sp³-hybridized carbons (Fsp3) is 0.308. The van der Waals surface area contributed by atoms with E-state index in [1.54, 1.807) is 0 Å². The minimum atomic E-state index is -0.988. The molecule has 92 valence electrons. The summed E-state index contributed by atoms with van der Waals surface area (Å²) in [4.78, 5) is 10.6. The van der Waals surface area contributed by atoms with Gasteiger partial charge >= 0.3 is 5.97 Å². The van der Waals surface area contributed by atoms with Crippen LogP contribution in [-0.4, -0.2) is 23.7 Å². The highest BCUT2D eigenvalue weighted by Gasteiger charge is 2.11. The van der Waals surface area contributed by atoms with Crippen molar-refractivity contribution >= 4 is 5.97 Å². The monoisotopic (exact) mass is 235 g/mol. The van der Waals surface area contributed by atoms with Gasteiger partial charge in [-0.2, -0.15) is 0 Å². The number of carboxylic acids is 1. The molecule has 1 aromatic carbocycles. The highest BCUT2D eigenvalue weighted by Crippen LogP contribution is 2.13. The van der Waals surface area contributed by atoms with E-state index in [1.165, 1.54) is 0 Å². The normalized spacial score (nSPS) is 12.6. The van der Waals surface area contributed by atoms with Gasteiger partial charge in [0.05, 0.1) is 0 Å². The molecule has 0 amide bonds. The minimum absolute atomic E-state index is 0.324. The molecule has 0 heterocycles. The summed E-state index contributed by atoms with van der Waals surface area (Å²) in [6.07, 6.45) is 4.15. The summed E-state index contributed by atoms with van der Waals surface area (Å²) in [6, 6.07) is 6.42. The van der Waals surface area contributed by atoms with Crippen molar-refractivity contribution in [3.05, 3.63) is 42.0 Å². The second kappa shape index (κ2) is 6.70. The Labute approximate surface area is 101 Å². The van der Waals surface area contributed by atoms with Crippen LogP contribution in [0.5, 0.6) is 5.75 Å². The number of rotatable bonds is 6. The molecule has 17 heavy (non-hydrogen) atoms. The van der Waals surface area contributed by atoms with Crippen molar-refractivity contribution in [2.75, 3.05) is 6.61 Å². The molecule has 3 N–H and O–H groups in total. The number of hydrogen-bond acceptors (Lipinski definition) is 3. The smallest absolute Gasteiger partial charge is 0.320 e. The number of aliphatic carboxylic acids is 1. The second-order valence-corrected chi connectivity index (χ2v) is 3.67. The first-order chi connectivity index (χ1) is 8.13. The highest BCUT2D eigenvalue weighted by molar-refractivity contribution is 5.73. The third kappa shape index (κ3) is 4.70. The summed E-state index contributed by atoms with van der Waals surface area (Å²) < 4.78 is 5.42. The predicted octanol–water partition coefficient (Wildman–Crippen LogP) is 1.60. The number of benzene rings is 1. The zero-order valence-electron chi connectivity index (χ0n) is 9.80. The van der Waals surface area contributed by atoms with Gasteiger partial charge in [-0.25, -0.2) is 0 Å². The van der Waals surface area contributed by atoms with Gasteiger partial charge in [0.1, 0.15) is 18.4 Å². The van der Waals surface area contributed by atoms with E-state index in [1.807, 2.05) is 43.3 Å². The van der Waals surface area contributed by atoms with Crippen LogP contribution in [0, 0.1) is 0 Å². The molecule has 0 spiro atoms. The lowest BCUT2D eigenvalue weighted by Gasteiger charge is -2.07. The summed E-state index contributed by atoms with van der Waals surface area (Å²) in [7, 11) is 0. The number of carbonyl (C=O) groups is 1. The van der Waals surface area contributed by atoms with Crippen LogP contribution in [0.15, 0.2) is 36.4 Å².